The van der Waals surface area contributed by atoms with Crippen LogP contribution in [0.3, 0.4) is 0 Å². The Morgan fingerprint density at radius 2 is 1.54 bits per heavy atom. The van der Waals surface area contributed by atoms with Gasteiger partial charge >= 0.3 is 11.9 Å². The first-order valence-corrected chi connectivity index (χ1v) is 11.4. The maximum atomic E-state index is 12.8. The van der Waals surface area contributed by atoms with Gasteiger partial charge in [0.2, 0.25) is 0 Å². The molecular weight excluding hydrogens is 489 g/mol. The molecule has 0 aliphatic heterocycles. The Labute approximate surface area is 213 Å². The van der Waals surface area contributed by atoms with Crippen LogP contribution in [0.1, 0.15) is 21.5 Å². The highest BCUT2D eigenvalue weighted by molar-refractivity contribution is 6.39. The van der Waals surface area contributed by atoms with E-state index >= 15 is 0 Å². The van der Waals surface area contributed by atoms with Crippen LogP contribution in [0.25, 0.3) is 17.2 Å². The lowest BCUT2D eigenvalue weighted by Crippen LogP contribution is -2.43. The monoisotopic (exact) mass is 511 g/mol. The molecule has 0 bridgehead atoms. The van der Waals surface area contributed by atoms with Gasteiger partial charge in [-0.2, -0.15) is 0 Å². The van der Waals surface area contributed by atoms with Crippen molar-refractivity contribution in [3.05, 3.63) is 99.5 Å². The van der Waals surface area contributed by atoms with E-state index < -0.39 is 23.9 Å². The summed E-state index contributed by atoms with van der Waals surface area (Å²) in [5, 5.41) is 3.03. The summed E-state index contributed by atoms with van der Waals surface area (Å²) in [5.41, 5.74) is 3.58. The molecule has 0 heterocycles. The van der Waals surface area contributed by atoms with Gasteiger partial charge in [-0.3, -0.25) is 4.79 Å². The third-order valence-electron chi connectivity index (χ3n) is 5.25. The van der Waals surface area contributed by atoms with Gasteiger partial charge in [-0.1, -0.05) is 77.8 Å². The number of benzene rings is 3. The van der Waals surface area contributed by atoms with E-state index in [1.807, 2.05) is 48.5 Å². The van der Waals surface area contributed by atoms with Crippen LogP contribution in [-0.2, 0) is 25.5 Å². The number of halogens is 2. The van der Waals surface area contributed by atoms with E-state index in [4.69, 9.17) is 27.9 Å². The standard InChI is InChI=1S/C27H23Cl2NO5/c1-34-24(31)15-14-18-6-3-4-7-20(18)19-12-10-17(11-13-19)16-23(27(33)35-2)30-26(32)25-21(28)8-5-9-22(25)29/h3-15,23H,16H2,1-2H3,(H,30,32)/t23-/m0/s1. The average molecular weight is 512 g/mol. The second-order valence-corrected chi connectivity index (χ2v) is 8.31. The minimum absolute atomic E-state index is 0.0942. The van der Waals surface area contributed by atoms with Crippen molar-refractivity contribution >= 4 is 47.1 Å². The molecule has 180 valence electrons. The Morgan fingerprint density at radius 3 is 2.17 bits per heavy atom. The summed E-state index contributed by atoms with van der Waals surface area (Å²) in [6.07, 6.45) is 3.25. The smallest absolute Gasteiger partial charge is 0.330 e. The van der Waals surface area contributed by atoms with Crippen molar-refractivity contribution in [2.24, 2.45) is 0 Å². The lowest BCUT2D eigenvalue weighted by molar-refractivity contribution is -0.142. The molecule has 0 aromatic heterocycles. The Morgan fingerprint density at radius 1 is 0.886 bits per heavy atom. The van der Waals surface area contributed by atoms with Gasteiger partial charge in [-0.25, -0.2) is 9.59 Å². The summed E-state index contributed by atoms with van der Waals surface area (Å²) in [5.74, 6) is -1.60. The topological polar surface area (TPSA) is 81.7 Å². The first-order chi connectivity index (χ1) is 16.8. The van der Waals surface area contributed by atoms with Crippen LogP contribution in [-0.4, -0.2) is 38.1 Å². The van der Waals surface area contributed by atoms with E-state index in [0.717, 1.165) is 22.3 Å². The van der Waals surface area contributed by atoms with Crippen molar-refractivity contribution in [1.29, 1.82) is 0 Å². The fourth-order valence-electron chi connectivity index (χ4n) is 3.47. The van der Waals surface area contributed by atoms with Crippen LogP contribution < -0.4 is 5.32 Å². The number of ether oxygens (including phenoxy) is 2. The van der Waals surface area contributed by atoms with Gasteiger partial charge in [-0.15, -0.1) is 0 Å². The molecule has 1 amide bonds. The van der Waals surface area contributed by atoms with Crippen LogP contribution in [0, 0.1) is 0 Å². The molecule has 0 saturated heterocycles. The number of carbonyl (C=O) groups excluding carboxylic acids is 3. The van der Waals surface area contributed by atoms with Crippen molar-refractivity contribution in [3.63, 3.8) is 0 Å². The Hall–Kier alpha value is -3.61. The van der Waals surface area contributed by atoms with Crippen molar-refractivity contribution in [1.82, 2.24) is 5.32 Å². The van der Waals surface area contributed by atoms with E-state index in [-0.39, 0.29) is 22.0 Å². The van der Waals surface area contributed by atoms with E-state index in [1.165, 1.54) is 20.3 Å². The van der Waals surface area contributed by atoms with Crippen LogP contribution in [0.4, 0.5) is 0 Å². The van der Waals surface area contributed by atoms with E-state index in [2.05, 4.69) is 10.1 Å². The molecule has 1 N–H and O–H groups in total. The van der Waals surface area contributed by atoms with E-state index in [9.17, 15) is 14.4 Å². The first-order valence-electron chi connectivity index (χ1n) is 10.6. The van der Waals surface area contributed by atoms with Crippen molar-refractivity contribution < 1.29 is 23.9 Å². The second-order valence-electron chi connectivity index (χ2n) is 7.49. The van der Waals surface area contributed by atoms with E-state index in [0.29, 0.717) is 0 Å². The third-order valence-corrected chi connectivity index (χ3v) is 5.88. The maximum Gasteiger partial charge on any atom is 0.330 e. The molecule has 0 spiro atoms. The number of methoxy groups -OCH3 is 2. The summed E-state index contributed by atoms with van der Waals surface area (Å²) in [7, 11) is 2.58. The Bertz CT molecular complexity index is 1230. The molecule has 35 heavy (non-hydrogen) atoms. The molecule has 3 aromatic rings. The van der Waals surface area contributed by atoms with Crippen LogP contribution >= 0.6 is 23.2 Å². The Balaban J connectivity index is 1.81. The van der Waals surface area contributed by atoms with Crippen LogP contribution in [0.2, 0.25) is 10.0 Å². The number of esters is 2. The number of amides is 1. The largest absolute Gasteiger partial charge is 0.467 e. The molecule has 3 aromatic carbocycles. The molecule has 0 saturated carbocycles. The SMILES string of the molecule is COC(=O)C=Cc1ccccc1-c1ccc(C[C@H](NC(=O)c2c(Cl)cccc2Cl)C(=O)OC)cc1. The number of carbonyl (C=O) groups is 3. The summed E-state index contributed by atoms with van der Waals surface area (Å²) in [6.45, 7) is 0. The zero-order valence-electron chi connectivity index (χ0n) is 19.1. The second kappa shape index (κ2) is 12.2. The number of hydrogen-bond acceptors (Lipinski definition) is 5. The number of rotatable bonds is 8. The quantitative estimate of drug-likeness (QED) is 0.325. The molecule has 0 aliphatic carbocycles. The molecule has 3 rings (SSSR count). The summed E-state index contributed by atoms with van der Waals surface area (Å²) < 4.78 is 9.54. The molecule has 8 heteroatoms. The van der Waals surface area contributed by atoms with Gasteiger partial charge in [0.05, 0.1) is 29.8 Å². The number of hydrogen-bond donors (Lipinski definition) is 1. The van der Waals surface area contributed by atoms with Crippen LogP contribution in [0.15, 0.2) is 72.8 Å². The van der Waals surface area contributed by atoms with Crippen molar-refractivity contribution in [2.45, 2.75) is 12.5 Å². The first kappa shape index (κ1) is 26.0. The third kappa shape index (κ3) is 6.72. The van der Waals surface area contributed by atoms with Crippen molar-refractivity contribution in [3.8, 4) is 11.1 Å². The van der Waals surface area contributed by atoms with Gasteiger partial charge in [-0.05, 0) is 40.5 Å². The number of nitrogens with one attached hydrogen (secondary N) is 1. The molecule has 0 aliphatic rings. The van der Waals surface area contributed by atoms with Gasteiger partial charge in [0.1, 0.15) is 6.04 Å². The highest BCUT2D eigenvalue weighted by Gasteiger charge is 2.25. The summed E-state index contributed by atoms with van der Waals surface area (Å²) in [6, 6.07) is 18.9. The Kier molecular flexibility index (Phi) is 9.06. The van der Waals surface area contributed by atoms with Crippen LogP contribution in [0.5, 0.6) is 0 Å². The summed E-state index contributed by atoms with van der Waals surface area (Å²) >= 11 is 12.3. The maximum absolute atomic E-state index is 12.8. The fraction of sp³-hybridized carbons (Fsp3) is 0.148. The lowest BCUT2D eigenvalue weighted by atomic mass is 9.97. The predicted octanol–water partition coefficient (Wildman–Crippen LogP) is 5.36. The van der Waals surface area contributed by atoms with Gasteiger partial charge in [0.25, 0.3) is 5.91 Å². The minimum Gasteiger partial charge on any atom is -0.467 e. The molecule has 0 unspecified atom stereocenters. The van der Waals surface area contributed by atoms with Gasteiger partial charge < -0.3 is 14.8 Å². The zero-order chi connectivity index (χ0) is 25.4. The normalized spacial score (nSPS) is 11.7. The molecular formula is C27H23Cl2NO5. The van der Waals surface area contributed by atoms with Gasteiger partial charge in [0, 0.05) is 12.5 Å². The van der Waals surface area contributed by atoms with Crippen molar-refractivity contribution in [2.75, 3.05) is 14.2 Å². The predicted molar refractivity (Wildman–Crippen MR) is 136 cm³/mol. The highest BCUT2D eigenvalue weighted by Crippen LogP contribution is 2.26. The zero-order valence-corrected chi connectivity index (χ0v) is 20.6. The van der Waals surface area contributed by atoms with E-state index in [1.54, 1.807) is 24.3 Å². The molecule has 6 nitrogen and oxygen atoms in total. The molecule has 1 atom stereocenters. The highest BCUT2D eigenvalue weighted by atomic mass is 35.5. The average Bonchev–Trinajstić information content (AvgIpc) is 2.87. The minimum atomic E-state index is -0.944. The fourth-order valence-corrected chi connectivity index (χ4v) is 4.04. The molecule has 0 radical (unpaired) electrons. The lowest BCUT2D eigenvalue weighted by Gasteiger charge is -2.18. The summed E-state index contributed by atoms with van der Waals surface area (Å²) in [4.78, 5) is 36.7. The van der Waals surface area contributed by atoms with Gasteiger partial charge in [0.15, 0.2) is 0 Å². The molecule has 0 fully saturated rings.